The van der Waals surface area contributed by atoms with Crippen molar-refractivity contribution in [3.05, 3.63) is 48.4 Å². The molecule has 0 bridgehead atoms. The van der Waals surface area contributed by atoms with Crippen LogP contribution in [0.4, 0.5) is 4.79 Å². The second-order valence-electron chi connectivity index (χ2n) is 7.37. The third-order valence-corrected chi connectivity index (χ3v) is 5.43. The van der Waals surface area contributed by atoms with Gasteiger partial charge in [0.15, 0.2) is 5.58 Å². The first kappa shape index (κ1) is 19.3. The van der Waals surface area contributed by atoms with E-state index in [4.69, 9.17) is 14.1 Å². The Morgan fingerprint density at radius 3 is 3.00 bits per heavy atom. The number of hydrogen-bond acceptors (Lipinski definition) is 4. The van der Waals surface area contributed by atoms with E-state index in [0.717, 1.165) is 60.2 Å². The van der Waals surface area contributed by atoms with Crippen LogP contribution in [0.2, 0.25) is 0 Å². The number of urea groups is 1. The number of hydrogen-bond donors (Lipinski definition) is 1. The number of ether oxygens (including phenoxy) is 1. The van der Waals surface area contributed by atoms with Crippen LogP contribution in [0, 0.1) is 0 Å². The molecule has 0 unspecified atom stereocenters. The molecular weight excluding hydrogens is 366 g/mol. The Morgan fingerprint density at radius 1 is 1.31 bits per heavy atom. The molecule has 4 rings (SSSR count). The summed E-state index contributed by atoms with van der Waals surface area (Å²) >= 11 is 0. The lowest BCUT2D eigenvalue weighted by Crippen LogP contribution is -2.39. The van der Waals surface area contributed by atoms with Crippen LogP contribution in [0.1, 0.15) is 44.5 Å². The summed E-state index contributed by atoms with van der Waals surface area (Å²) in [6.07, 6.45) is 3.87. The topological polar surface area (TPSA) is 67.6 Å². The summed E-state index contributed by atoms with van der Waals surface area (Å²) in [6, 6.07) is 13.7. The number of carbonyl (C=O) groups is 1. The molecule has 1 fully saturated rings. The minimum Gasteiger partial charge on any atom is -0.496 e. The molecule has 0 spiro atoms. The molecule has 29 heavy (non-hydrogen) atoms. The minimum absolute atomic E-state index is 0.0297. The van der Waals surface area contributed by atoms with E-state index < -0.39 is 0 Å². The summed E-state index contributed by atoms with van der Waals surface area (Å²) in [5.41, 5.74) is 3.56. The third-order valence-electron chi connectivity index (χ3n) is 5.43. The minimum atomic E-state index is -0.112. The quantitative estimate of drug-likeness (QED) is 0.588. The van der Waals surface area contributed by atoms with Crippen LogP contribution in [-0.4, -0.2) is 36.1 Å². The largest absolute Gasteiger partial charge is 0.496 e. The molecule has 1 aliphatic rings. The number of para-hydroxylation sites is 1. The number of methoxy groups -OCH3 is 1. The predicted octanol–water partition coefficient (Wildman–Crippen LogP) is 5.15. The fourth-order valence-electron chi connectivity index (χ4n) is 3.88. The number of nitrogens with zero attached hydrogens (tertiary/aromatic N) is 2. The molecule has 2 heterocycles. The predicted molar refractivity (Wildman–Crippen MR) is 113 cm³/mol. The van der Waals surface area contributed by atoms with Crippen molar-refractivity contribution in [2.45, 2.75) is 38.6 Å². The summed E-state index contributed by atoms with van der Waals surface area (Å²) in [5, 5.41) is 3.01. The van der Waals surface area contributed by atoms with E-state index in [1.165, 1.54) is 0 Å². The molecule has 152 valence electrons. The molecule has 2 amide bonds. The maximum atomic E-state index is 12.6. The van der Waals surface area contributed by atoms with E-state index in [9.17, 15) is 4.79 Å². The van der Waals surface area contributed by atoms with Crippen LogP contribution in [-0.2, 0) is 0 Å². The van der Waals surface area contributed by atoms with Crippen LogP contribution in [0.25, 0.3) is 22.2 Å². The number of unbranched alkanes of at least 4 members (excludes halogenated alkanes) is 1. The van der Waals surface area contributed by atoms with Gasteiger partial charge in [-0.25, -0.2) is 9.78 Å². The van der Waals surface area contributed by atoms with Crippen molar-refractivity contribution < 1.29 is 13.9 Å². The van der Waals surface area contributed by atoms with E-state index >= 15 is 0 Å². The average molecular weight is 393 g/mol. The average Bonchev–Trinajstić information content (AvgIpc) is 3.40. The first-order valence-corrected chi connectivity index (χ1v) is 10.3. The van der Waals surface area contributed by atoms with Gasteiger partial charge >= 0.3 is 6.03 Å². The number of aromatic nitrogens is 1. The molecule has 1 aromatic heterocycles. The Balaban J connectivity index is 1.59. The normalized spacial score (nSPS) is 16.3. The van der Waals surface area contributed by atoms with Gasteiger partial charge in [-0.2, -0.15) is 0 Å². The molecule has 0 saturated carbocycles. The Hall–Kier alpha value is -3.02. The Kier molecular flexibility index (Phi) is 5.69. The van der Waals surface area contributed by atoms with Crippen molar-refractivity contribution >= 4 is 17.1 Å². The van der Waals surface area contributed by atoms with Crippen molar-refractivity contribution in [1.82, 2.24) is 15.2 Å². The Bertz CT molecular complexity index is 998. The molecular formula is C23H27N3O3. The maximum Gasteiger partial charge on any atom is 0.318 e. The van der Waals surface area contributed by atoms with Crippen LogP contribution in [0.15, 0.2) is 46.9 Å². The smallest absolute Gasteiger partial charge is 0.318 e. The van der Waals surface area contributed by atoms with Gasteiger partial charge in [-0.1, -0.05) is 37.6 Å². The molecule has 1 saturated heterocycles. The van der Waals surface area contributed by atoms with Crippen molar-refractivity contribution in [3.8, 4) is 16.9 Å². The molecule has 0 aliphatic carbocycles. The van der Waals surface area contributed by atoms with Gasteiger partial charge in [-0.3, -0.25) is 0 Å². The van der Waals surface area contributed by atoms with Crippen molar-refractivity contribution in [1.29, 1.82) is 0 Å². The highest BCUT2D eigenvalue weighted by Gasteiger charge is 2.33. The fourth-order valence-corrected chi connectivity index (χ4v) is 3.88. The zero-order chi connectivity index (χ0) is 20.2. The van der Waals surface area contributed by atoms with E-state index in [-0.39, 0.29) is 12.1 Å². The van der Waals surface area contributed by atoms with Gasteiger partial charge in [-0.15, -0.1) is 0 Å². The lowest BCUT2D eigenvalue weighted by Gasteiger charge is -2.22. The molecule has 6 heteroatoms. The van der Waals surface area contributed by atoms with Crippen LogP contribution in [0.5, 0.6) is 5.75 Å². The third kappa shape index (κ3) is 3.92. The van der Waals surface area contributed by atoms with Crippen LogP contribution >= 0.6 is 0 Å². The van der Waals surface area contributed by atoms with Crippen molar-refractivity contribution in [2.75, 3.05) is 20.2 Å². The number of oxazole rings is 1. The van der Waals surface area contributed by atoms with Gasteiger partial charge in [0.1, 0.15) is 17.3 Å². The van der Waals surface area contributed by atoms with E-state index in [0.29, 0.717) is 12.4 Å². The van der Waals surface area contributed by atoms with Crippen LogP contribution < -0.4 is 10.1 Å². The molecule has 6 nitrogen and oxygen atoms in total. The summed E-state index contributed by atoms with van der Waals surface area (Å²) < 4.78 is 11.5. The molecule has 3 aromatic rings. The lowest BCUT2D eigenvalue weighted by molar-refractivity contribution is 0.185. The number of rotatable bonds is 6. The molecule has 0 radical (unpaired) electrons. The van der Waals surface area contributed by atoms with E-state index in [1.807, 2.05) is 47.4 Å². The number of nitrogens with one attached hydrogen (secondary N) is 1. The van der Waals surface area contributed by atoms with Gasteiger partial charge in [0.05, 0.1) is 7.11 Å². The van der Waals surface area contributed by atoms with Gasteiger partial charge in [-0.05, 0) is 43.0 Å². The molecule has 1 N–H and O–H groups in total. The standard InChI is InChI=1S/C23H27N3O3/c1-3-4-13-24-23(27)26-14-7-9-19(26)22-25-18-15-16(11-12-21(18)29-22)17-8-5-6-10-20(17)28-2/h5-6,8,10-12,15,19H,3-4,7,9,13-14H2,1-2H3,(H,24,27)/t19-/m1/s1. The van der Waals surface area contributed by atoms with E-state index in [2.05, 4.69) is 12.2 Å². The maximum absolute atomic E-state index is 12.6. The van der Waals surface area contributed by atoms with Gasteiger partial charge in [0.25, 0.3) is 0 Å². The summed E-state index contributed by atoms with van der Waals surface area (Å²) in [5.74, 6) is 1.43. The monoisotopic (exact) mass is 393 g/mol. The summed E-state index contributed by atoms with van der Waals surface area (Å²) in [7, 11) is 1.67. The second-order valence-corrected chi connectivity index (χ2v) is 7.37. The van der Waals surface area contributed by atoms with Crippen LogP contribution in [0.3, 0.4) is 0 Å². The number of carbonyl (C=O) groups excluding carboxylic acids is 1. The second kappa shape index (κ2) is 8.55. The lowest BCUT2D eigenvalue weighted by atomic mass is 10.0. The van der Waals surface area contributed by atoms with E-state index in [1.54, 1.807) is 7.11 Å². The summed E-state index contributed by atoms with van der Waals surface area (Å²) in [4.78, 5) is 19.1. The molecule has 1 atom stereocenters. The highest BCUT2D eigenvalue weighted by Crippen LogP contribution is 2.35. The number of fused-ring (bicyclic) bond motifs is 1. The summed E-state index contributed by atoms with van der Waals surface area (Å²) in [6.45, 7) is 3.55. The van der Waals surface area contributed by atoms with Gasteiger partial charge in [0.2, 0.25) is 5.89 Å². The van der Waals surface area contributed by atoms with Crippen molar-refractivity contribution in [3.63, 3.8) is 0 Å². The number of amides is 2. The van der Waals surface area contributed by atoms with Gasteiger partial charge < -0.3 is 19.4 Å². The first-order valence-electron chi connectivity index (χ1n) is 10.3. The molecule has 2 aromatic carbocycles. The zero-order valence-corrected chi connectivity index (χ0v) is 17.0. The van der Waals surface area contributed by atoms with Crippen molar-refractivity contribution in [2.24, 2.45) is 0 Å². The first-order chi connectivity index (χ1) is 14.2. The zero-order valence-electron chi connectivity index (χ0n) is 17.0. The Labute approximate surface area is 170 Å². The SMILES string of the molecule is CCCCNC(=O)N1CCC[C@@H]1c1nc2cc(-c3ccccc3OC)ccc2o1. The fraction of sp³-hybridized carbons (Fsp3) is 0.391. The van der Waals surface area contributed by atoms with Gasteiger partial charge in [0, 0.05) is 18.7 Å². The highest BCUT2D eigenvalue weighted by atomic mass is 16.5. The number of benzene rings is 2. The molecule has 1 aliphatic heterocycles. The number of likely N-dealkylation sites (tertiary alicyclic amines) is 1. The highest BCUT2D eigenvalue weighted by molar-refractivity contribution is 5.82. The Morgan fingerprint density at radius 2 is 2.17 bits per heavy atom.